The number of nitrogens with zero attached hydrogens (tertiary/aromatic N) is 2. The first-order chi connectivity index (χ1) is 9.51. The highest BCUT2D eigenvalue weighted by atomic mass is 32.1. The van der Waals surface area contributed by atoms with Crippen molar-refractivity contribution in [3.05, 3.63) is 16.8 Å². The zero-order chi connectivity index (χ0) is 14.3. The van der Waals surface area contributed by atoms with Crippen molar-refractivity contribution in [2.24, 2.45) is 11.3 Å². The molecule has 2 saturated heterocycles. The van der Waals surface area contributed by atoms with E-state index in [0.717, 1.165) is 31.7 Å². The van der Waals surface area contributed by atoms with E-state index in [0.29, 0.717) is 6.42 Å². The smallest absolute Gasteiger partial charge is 0.227 e. The van der Waals surface area contributed by atoms with Crippen LogP contribution in [-0.2, 0) is 9.59 Å². The highest BCUT2D eigenvalue weighted by Gasteiger charge is 2.48. The molecule has 0 aromatic carbocycles. The van der Waals surface area contributed by atoms with Crippen LogP contribution in [0.25, 0.3) is 0 Å². The van der Waals surface area contributed by atoms with Gasteiger partial charge in [0.25, 0.3) is 0 Å². The lowest BCUT2D eigenvalue weighted by Crippen LogP contribution is -2.36. The zero-order valence-electron chi connectivity index (χ0n) is 12.0. The van der Waals surface area contributed by atoms with Gasteiger partial charge in [-0.05, 0) is 17.9 Å². The van der Waals surface area contributed by atoms with Crippen molar-refractivity contribution in [2.75, 3.05) is 24.5 Å². The average molecular weight is 292 g/mol. The molecule has 0 saturated carbocycles. The van der Waals surface area contributed by atoms with Crippen LogP contribution in [0.1, 0.15) is 26.7 Å². The van der Waals surface area contributed by atoms with Gasteiger partial charge in [0.1, 0.15) is 0 Å². The first kappa shape index (κ1) is 13.6. The van der Waals surface area contributed by atoms with E-state index < -0.39 is 0 Å². The molecule has 2 aliphatic rings. The summed E-state index contributed by atoms with van der Waals surface area (Å²) in [5, 5.41) is 4.01. The summed E-state index contributed by atoms with van der Waals surface area (Å²) in [6.07, 6.45) is 1.52. The van der Waals surface area contributed by atoms with Crippen LogP contribution in [0.2, 0.25) is 0 Å². The Morgan fingerprint density at radius 1 is 1.40 bits per heavy atom. The Bertz CT molecular complexity index is 526. The molecule has 0 N–H and O–H groups in total. The van der Waals surface area contributed by atoms with Crippen LogP contribution in [0.4, 0.5) is 5.69 Å². The number of hydrogen-bond acceptors (Lipinski definition) is 3. The number of thiophene rings is 1. The van der Waals surface area contributed by atoms with Crippen LogP contribution in [0, 0.1) is 11.3 Å². The van der Waals surface area contributed by atoms with E-state index in [1.54, 1.807) is 11.3 Å². The molecule has 4 nitrogen and oxygen atoms in total. The van der Waals surface area contributed by atoms with E-state index in [4.69, 9.17) is 0 Å². The Morgan fingerprint density at radius 3 is 2.85 bits per heavy atom. The second-order valence-electron chi connectivity index (χ2n) is 6.30. The Morgan fingerprint density at radius 2 is 2.20 bits per heavy atom. The molecule has 1 spiro atoms. The van der Waals surface area contributed by atoms with Crippen molar-refractivity contribution < 1.29 is 9.59 Å². The SMILES string of the molecule is CC(C)C(=O)N1CCC2(CC(=O)N(c3ccsc3)C2)C1. The molecule has 3 heterocycles. The molecular weight excluding hydrogens is 272 g/mol. The van der Waals surface area contributed by atoms with E-state index in [2.05, 4.69) is 0 Å². The molecule has 0 radical (unpaired) electrons. The lowest BCUT2D eigenvalue weighted by Gasteiger charge is -2.24. The molecule has 1 aromatic rings. The third-order valence-corrected chi connectivity index (χ3v) is 5.05. The molecule has 3 rings (SSSR count). The maximum atomic E-state index is 12.3. The third-order valence-electron chi connectivity index (χ3n) is 4.38. The summed E-state index contributed by atoms with van der Waals surface area (Å²) >= 11 is 1.61. The van der Waals surface area contributed by atoms with Gasteiger partial charge in [-0.3, -0.25) is 9.59 Å². The minimum absolute atomic E-state index is 0.0242. The summed E-state index contributed by atoms with van der Waals surface area (Å²) in [6.45, 7) is 6.15. The Labute approximate surface area is 123 Å². The average Bonchev–Trinajstić information content (AvgIpc) is 3.10. The second kappa shape index (κ2) is 4.88. The fourth-order valence-electron chi connectivity index (χ4n) is 3.30. The Hall–Kier alpha value is -1.36. The maximum absolute atomic E-state index is 12.3. The normalized spacial score (nSPS) is 26.2. The molecule has 2 aliphatic heterocycles. The number of hydrogen-bond donors (Lipinski definition) is 0. The summed E-state index contributed by atoms with van der Waals surface area (Å²) in [5.41, 5.74) is 0.981. The first-order valence-corrected chi connectivity index (χ1v) is 8.06. The molecular formula is C15H20N2O2S. The third kappa shape index (κ3) is 2.24. The number of carbonyl (C=O) groups excluding carboxylic acids is 2. The van der Waals surface area contributed by atoms with Crippen LogP contribution in [-0.4, -0.2) is 36.3 Å². The van der Waals surface area contributed by atoms with Gasteiger partial charge in [0.15, 0.2) is 0 Å². The molecule has 0 aliphatic carbocycles. The van der Waals surface area contributed by atoms with Gasteiger partial charge in [-0.25, -0.2) is 0 Å². The number of likely N-dealkylation sites (tertiary alicyclic amines) is 1. The van der Waals surface area contributed by atoms with E-state index in [9.17, 15) is 9.59 Å². The predicted molar refractivity (Wildman–Crippen MR) is 79.8 cm³/mol. The summed E-state index contributed by atoms with van der Waals surface area (Å²) in [5.74, 6) is 0.445. The second-order valence-corrected chi connectivity index (χ2v) is 7.08. The Balaban J connectivity index is 1.73. The van der Waals surface area contributed by atoms with Crippen molar-refractivity contribution in [3.63, 3.8) is 0 Å². The van der Waals surface area contributed by atoms with Gasteiger partial charge in [0.05, 0.1) is 5.69 Å². The van der Waals surface area contributed by atoms with Crippen LogP contribution < -0.4 is 4.90 Å². The molecule has 2 fully saturated rings. The van der Waals surface area contributed by atoms with E-state index in [1.807, 2.05) is 40.5 Å². The largest absolute Gasteiger partial charge is 0.342 e. The van der Waals surface area contributed by atoms with E-state index in [-0.39, 0.29) is 23.1 Å². The lowest BCUT2D eigenvalue weighted by molar-refractivity contribution is -0.133. The lowest BCUT2D eigenvalue weighted by atomic mass is 9.86. The molecule has 1 aromatic heterocycles. The van der Waals surface area contributed by atoms with Crippen molar-refractivity contribution >= 4 is 28.8 Å². The topological polar surface area (TPSA) is 40.6 Å². The molecule has 5 heteroatoms. The van der Waals surface area contributed by atoms with Crippen LogP contribution in [0.15, 0.2) is 16.8 Å². The summed E-state index contributed by atoms with van der Waals surface area (Å²) in [7, 11) is 0. The van der Waals surface area contributed by atoms with Crippen molar-refractivity contribution in [2.45, 2.75) is 26.7 Å². The first-order valence-electron chi connectivity index (χ1n) is 7.12. The van der Waals surface area contributed by atoms with Crippen molar-refractivity contribution in [3.8, 4) is 0 Å². The number of anilines is 1. The van der Waals surface area contributed by atoms with Gasteiger partial charge in [0.2, 0.25) is 11.8 Å². The fraction of sp³-hybridized carbons (Fsp3) is 0.600. The van der Waals surface area contributed by atoms with Gasteiger partial charge in [-0.15, -0.1) is 0 Å². The van der Waals surface area contributed by atoms with Gasteiger partial charge in [-0.1, -0.05) is 13.8 Å². The van der Waals surface area contributed by atoms with E-state index in [1.165, 1.54) is 0 Å². The number of carbonyl (C=O) groups is 2. The molecule has 1 atom stereocenters. The minimum Gasteiger partial charge on any atom is -0.342 e. The van der Waals surface area contributed by atoms with Gasteiger partial charge >= 0.3 is 0 Å². The molecule has 20 heavy (non-hydrogen) atoms. The Kier molecular flexibility index (Phi) is 3.32. The van der Waals surface area contributed by atoms with Gasteiger partial charge in [0, 0.05) is 42.8 Å². The number of amides is 2. The van der Waals surface area contributed by atoms with Gasteiger partial charge in [-0.2, -0.15) is 11.3 Å². The number of rotatable bonds is 2. The van der Waals surface area contributed by atoms with Crippen LogP contribution in [0.3, 0.4) is 0 Å². The quantitative estimate of drug-likeness (QED) is 0.839. The predicted octanol–water partition coefficient (Wildman–Crippen LogP) is 2.36. The molecule has 108 valence electrons. The maximum Gasteiger partial charge on any atom is 0.227 e. The summed E-state index contributed by atoms with van der Waals surface area (Å²) in [4.78, 5) is 28.2. The van der Waals surface area contributed by atoms with Crippen LogP contribution >= 0.6 is 11.3 Å². The highest BCUT2D eigenvalue weighted by molar-refractivity contribution is 7.08. The van der Waals surface area contributed by atoms with Crippen molar-refractivity contribution in [1.82, 2.24) is 4.90 Å². The minimum atomic E-state index is -0.0242. The summed E-state index contributed by atoms with van der Waals surface area (Å²) in [6, 6.07) is 1.99. The molecule has 2 amide bonds. The monoisotopic (exact) mass is 292 g/mol. The zero-order valence-corrected chi connectivity index (χ0v) is 12.8. The standard InChI is InChI=1S/C15H20N2O2S/c1-11(2)14(19)16-5-4-15(9-16)7-13(18)17(10-15)12-3-6-20-8-12/h3,6,8,11H,4-5,7,9-10H2,1-2H3. The highest BCUT2D eigenvalue weighted by Crippen LogP contribution is 2.42. The van der Waals surface area contributed by atoms with Gasteiger partial charge < -0.3 is 9.80 Å². The van der Waals surface area contributed by atoms with E-state index >= 15 is 0 Å². The van der Waals surface area contributed by atoms with Crippen LogP contribution in [0.5, 0.6) is 0 Å². The summed E-state index contributed by atoms with van der Waals surface area (Å²) < 4.78 is 0. The molecule has 1 unspecified atom stereocenters. The molecule has 0 bridgehead atoms. The fourth-order valence-corrected chi connectivity index (χ4v) is 3.95. The van der Waals surface area contributed by atoms with Crippen molar-refractivity contribution in [1.29, 1.82) is 0 Å².